The lowest BCUT2D eigenvalue weighted by Crippen LogP contribution is -2.31. The molecule has 0 radical (unpaired) electrons. The normalized spacial score (nSPS) is 16.0. The molecule has 0 fully saturated rings. The lowest BCUT2D eigenvalue weighted by molar-refractivity contribution is -0.135. The van der Waals surface area contributed by atoms with Crippen LogP contribution in [0.1, 0.15) is 34.9 Å². The Balaban J connectivity index is 1.54. The van der Waals surface area contributed by atoms with Gasteiger partial charge >= 0.3 is 0 Å². The fourth-order valence-electron chi connectivity index (χ4n) is 3.27. The summed E-state index contributed by atoms with van der Waals surface area (Å²) in [6.07, 6.45) is 2.16. The number of carbonyl (C=O) groups is 1. The minimum absolute atomic E-state index is 0.100. The quantitative estimate of drug-likeness (QED) is 0.575. The van der Waals surface area contributed by atoms with Crippen LogP contribution in [0.3, 0.4) is 0 Å². The first kappa shape index (κ1) is 19.3. The van der Waals surface area contributed by atoms with Crippen molar-refractivity contribution in [1.29, 1.82) is 0 Å². The van der Waals surface area contributed by atoms with Gasteiger partial charge in [-0.05, 0) is 66.9 Å². The van der Waals surface area contributed by atoms with E-state index >= 15 is 0 Å². The molecule has 1 aromatic heterocycles. The average molecular weight is 409 g/mol. The van der Waals surface area contributed by atoms with Gasteiger partial charge in [-0.1, -0.05) is 29.8 Å². The van der Waals surface area contributed by atoms with E-state index in [-0.39, 0.29) is 18.6 Å². The van der Waals surface area contributed by atoms with Crippen molar-refractivity contribution >= 4 is 23.2 Å². The van der Waals surface area contributed by atoms with Crippen molar-refractivity contribution in [3.8, 4) is 5.75 Å². The molecule has 29 heavy (non-hydrogen) atoms. The second kappa shape index (κ2) is 8.13. The van der Waals surface area contributed by atoms with Crippen LogP contribution >= 0.6 is 11.6 Å². The molecule has 0 N–H and O–H groups in total. The molecule has 0 unspecified atom stereocenters. The average Bonchev–Trinajstić information content (AvgIpc) is 3.39. The standard InChI is InChI=1S/C23H21ClN2O3/c1-15-5-10-19(12-16(15)2)29-14-23(27)26-21(22-4-3-11-28-22)13-20(25-26)17-6-8-18(24)9-7-17/h3-12,21H,13-14H2,1-2H3/t21-/m0/s1. The first-order valence-corrected chi connectivity index (χ1v) is 9.78. The second-order valence-electron chi connectivity index (χ2n) is 7.06. The number of hydrazone groups is 1. The third-order valence-corrected chi connectivity index (χ3v) is 5.31. The first-order chi connectivity index (χ1) is 14.0. The van der Waals surface area contributed by atoms with Gasteiger partial charge < -0.3 is 9.15 Å². The lowest BCUT2D eigenvalue weighted by Gasteiger charge is -2.20. The SMILES string of the molecule is Cc1ccc(OCC(=O)N2N=C(c3ccc(Cl)cc3)C[C@H]2c2ccco2)cc1C. The van der Waals surface area contributed by atoms with Crippen molar-refractivity contribution in [2.75, 3.05) is 6.61 Å². The smallest absolute Gasteiger partial charge is 0.281 e. The number of halogens is 1. The number of amides is 1. The summed E-state index contributed by atoms with van der Waals surface area (Å²) in [6, 6.07) is 16.6. The zero-order valence-electron chi connectivity index (χ0n) is 16.3. The summed E-state index contributed by atoms with van der Waals surface area (Å²) in [4.78, 5) is 12.9. The van der Waals surface area contributed by atoms with Crippen LogP contribution in [-0.2, 0) is 4.79 Å². The maximum absolute atomic E-state index is 12.9. The monoisotopic (exact) mass is 408 g/mol. The molecule has 2 heterocycles. The third-order valence-electron chi connectivity index (χ3n) is 5.06. The lowest BCUT2D eigenvalue weighted by atomic mass is 10.0. The molecule has 1 atom stereocenters. The van der Waals surface area contributed by atoms with Crippen molar-refractivity contribution < 1.29 is 13.9 Å². The van der Waals surface area contributed by atoms with Gasteiger partial charge in [-0.3, -0.25) is 4.79 Å². The van der Waals surface area contributed by atoms with E-state index in [1.807, 2.05) is 68.4 Å². The van der Waals surface area contributed by atoms with E-state index in [9.17, 15) is 4.79 Å². The molecule has 0 spiro atoms. The summed E-state index contributed by atoms with van der Waals surface area (Å²) in [5, 5.41) is 6.71. The largest absolute Gasteiger partial charge is 0.484 e. The predicted molar refractivity (Wildman–Crippen MR) is 112 cm³/mol. The van der Waals surface area contributed by atoms with Gasteiger partial charge in [-0.2, -0.15) is 5.10 Å². The van der Waals surface area contributed by atoms with E-state index in [4.69, 9.17) is 20.8 Å². The summed E-state index contributed by atoms with van der Waals surface area (Å²) < 4.78 is 11.3. The summed E-state index contributed by atoms with van der Waals surface area (Å²) >= 11 is 5.99. The van der Waals surface area contributed by atoms with Gasteiger partial charge in [0.15, 0.2) is 6.61 Å². The Morgan fingerprint density at radius 2 is 1.97 bits per heavy atom. The van der Waals surface area contributed by atoms with Gasteiger partial charge in [0, 0.05) is 11.4 Å². The van der Waals surface area contributed by atoms with E-state index < -0.39 is 0 Å². The van der Waals surface area contributed by atoms with Gasteiger partial charge in [0.1, 0.15) is 17.6 Å². The summed E-state index contributed by atoms with van der Waals surface area (Å²) in [5.74, 6) is 1.13. The van der Waals surface area contributed by atoms with Gasteiger partial charge in [0.05, 0.1) is 12.0 Å². The van der Waals surface area contributed by atoms with Crippen LogP contribution < -0.4 is 4.74 Å². The zero-order chi connectivity index (χ0) is 20.4. The Labute approximate surface area is 174 Å². The first-order valence-electron chi connectivity index (χ1n) is 9.40. The Morgan fingerprint density at radius 3 is 2.66 bits per heavy atom. The highest BCUT2D eigenvalue weighted by atomic mass is 35.5. The molecule has 5 nitrogen and oxygen atoms in total. The Kier molecular flexibility index (Phi) is 5.41. The molecule has 148 valence electrons. The van der Waals surface area contributed by atoms with Gasteiger partial charge in [-0.25, -0.2) is 5.01 Å². The number of rotatable bonds is 5. The van der Waals surface area contributed by atoms with E-state index in [0.29, 0.717) is 23.0 Å². The fourth-order valence-corrected chi connectivity index (χ4v) is 3.40. The molecular weight excluding hydrogens is 388 g/mol. The number of nitrogens with zero attached hydrogens (tertiary/aromatic N) is 2. The van der Waals surface area contributed by atoms with Crippen LogP contribution in [0.5, 0.6) is 5.75 Å². The molecule has 2 aromatic carbocycles. The molecule has 0 saturated carbocycles. The molecular formula is C23H21ClN2O3. The van der Waals surface area contributed by atoms with Crippen molar-refractivity contribution in [2.45, 2.75) is 26.3 Å². The van der Waals surface area contributed by atoms with Crippen LogP contribution in [0.15, 0.2) is 70.4 Å². The molecule has 0 saturated heterocycles. The topological polar surface area (TPSA) is 55.0 Å². The summed E-state index contributed by atoms with van der Waals surface area (Å²) in [5.41, 5.74) is 4.03. The van der Waals surface area contributed by atoms with Gasteiger partial charge in [0.2, 0.25) is 0 Å². The Bertz CT molecular complexity index is 1040. The highest BCUT2D eigenvalue weighted by Gasteiger charge is 2.35. The minimum atomic E-state index is -0.300. The zero-order valence-corrected chi connectivity index (χ0v) is 17.0. The van der Waals surface area contributed by atoms with Crippen LogP contribution in [0.4, 0.5) is 0 Å². The van der Waals surface area contributed by atoms with Crippen molar-refractivity contribution in [3.63, 3.8) is 0 Å². The predicted octanol–water partition coefficient (Wildman–Crippen LogP) is 5.31. The van der Waals surface area contributed by atoms with Crippen molar-refractivity contribution in [2.24, 2.45) is 5.10 Å². The maximum atomic E-state index is 12.9. The fraction of sp³-hybridized carbons (Fsp3) is 0.217. The number of furan rings is 1. The van der Waals surface area contributed by atoms with Crippen molar-refractivity contribution in [1.82, 2.24) is 5.01 Å². The highest BCUT2D eigenvalue weighted by Crippen LogP contribution is 2.33. The third kappa shape index (κ3) is 4.20. The maximum Gasteiger partial charge on any atom is 0.281 e. The number of carbonyl (C=O) groups excluding carboxylic acids is 1. The Morgan fingerprint density at radius 1 is 1.17 bits per heavy atom. The molecule has 3 aromatic rings. The van der Waals surface area contributed by atoms with Crippen LogP contribution in [0.25, 0.3) is 0 Å². The Hall–Kier alpha value is -3.05. The molecule has 1 amide bonds. The number of benzene rings is 2. The highest BCUT2D eigenvalue weighted by molar-refractivity contribution is 6.30. The molecule has 4 rings (SSSR count). The van der Waals surface area contributed by atoms with E-state index in [1.165, 1.54) is 10.6 Å². The molecule has 0 aliphatic carbocycles. The van der Waals surface area contributed by atoms with Crippen molar-refractivity contribution in [3.05, 3.63) is 88.3 Å². The van der Waals surface area contributed by atoms with Crippen LogP contribution in [-0.4, -0.2) is 23.2 Å². The molecule has 1 aliphatic heterocycles. The van der Waals surface area contributed by atoms with Crippen LogP contribution in [0.2, 0.25) is 5.02 Å². The minimum Gasteiger partial charge on any atom is -0.484 e. The number of hydrogen-bond donors (Lipinski definition) is 0. The summed E-state index contributed by atoms with van der Waals surface area (Å²) in [6.45, 7) is 3.95. The van der Waals surface area contributed by atoms with E-state index in [1.54, 1.807) is 6.26 Å². The number of aryl methyl sites for hydroxylation is 2. The number of hydrogen-bond acceptors (Lipinski definition) is 4. The van der Waals surface area contributed by atoms with Gasteiger partial charge in [-0.15, -0.1) is 0 Å². The molecule has 0 bridgehead atoms. The number of ether oxygens (including phenoxy) is 1. The van der Waals surface area contributed by atoms with E-state index in [0.717, 1.165) is 16.8 Å². The summed E-state index contributed by atoms with van der Waals surface area (Å²) in [7, 11) is 0. The van der Waals surface area contributed by atoms with Crippen LogP contribution in [0, 0.1) is 13.8 Å². The second-order valence-corrected chi connectivity index (χ2v) is 7.50. The molecule has 1 aliphatic rings. The van der Waals surface area contributed by atoms with Gasteiger partial charge in [0.25, 0.3) is 5.91 Å². The van der Waals surface area contributed by atoms with E-state index in [2.05, 4.69) is 5.10 Å². The molecule has 6 heteroatoms.